The molecule has 0 saturated carbocycles. The van der Waals surface area contributed by atoms with Crippen molar-refractivity contribution in [1.82, 2.24) is 20.4 Å². The van der Waals surface area contributed by atoms with Gasteiger partial charge in [0.25, 0.3) is 0 Å². The number of guanidine groups is 1. The van der Waals surface area contributed by atoms with Gasteiger partial charge in [0, 0.05) is 51.9 Å². The number of nitrogens with one attached hydrogen (secondary N) is 2. The zero-order chi connectivity index (χ0) is 20.6. The molecule has 0 amide bonds. The van der Waals surface area contributed by atoms with E-state index in [4.69, 9.17) is 0 Å². The Morgan fingerprint density at radius 1 is 1.03 bits per heavy atom. The Hall–Kier alpha value is -1.89. The van der Waals surface area contributed by atoms with Gasteiger partial charge in [0.2, 0.25) is 0 Å². The van der Waals surface area contributed by atoms with Crippen LogP contribution < -0.4 is 10.6 Å². The molecule has 0 radical (unpaired) electrons. The highest BCUT2D eigenvalue weighted by atomic mass is 32.1. The molecule has 1 aromatic heterocycles. The van der Waals surface area contributed by atoms with Crippen LogP contribution in [0, 0.1) is 0 Å². The Labute approximate surface area is 185 Å². The quantitative estimate of drug-likeness (QED) is 0.526. The van der Waals surface area contributed by atoms with E-state index in [0.717, 1.165) is 38.7 Å². The van der Waals surface area contributed by atoms with Gasteiger partial charge in [-0.1, -0.05) is 30.3 Å². The van der Waals surface area contributed by atoms with Crippen molar-refractivity contribution < 1.29 is 0 Å². The average molecular weight is 426 g/mol. The van der Waals surface area contributed by atoms with Gasteiger partial charge >= 0.3 is 0 Å². The molecule has 0 aliphatic carbocycles. The second-order valence-corrected chi connectivity index (χ2v) is 9.31. The second kappa shape index (κ2) is 10.9. The molecule has 2 aliphatic heterocycles. The van der Waals surface area contributed by atoms with Crippen molar-refractivity contribution in [2.75, 3.05) is 33.2 Å². The SMILES string of the molecule is CN=C(NCC1CCCN1Cc1ccccc1)NC1CCN(Cc2ccsc2)CC1. The number of rotatable bonds is 7. The molecule has 0 spiro atoms. The normalized spacial score (nSPS) is 21.8. The number of hydrogen-bond acceptors (Lipinski definition) is 4. The molecule has 30 heavy (non-hydrogen) atoms. The van der Waals surface area contributed by atoms with Crippen LogP contribution in [0.5, 0.6) is 0 Å². The first-order valence-electron chi connectivity index (χ1n) is 11.3. The molecule has 1 aromatic carbocycles. The molecular weight excluding hydrogens is 390 g/mol. The number of hydrogen-bond donors (Lipinski definition) is 2. The fraction of sp³-hybridized carbons (Fsp3) is 0.542. The fourth-order valence-electron chi connectivity index (χ4n) is 4.63. The molecule has 0 bridgehead atoms. The largest absolute Gasteiger partial charge is 0.355 e. The van der Waals surface area contributed by atoms with Crippen molar-refractivity contribution >= 4 is 17.3 Å². The lowest BCUT2D eigenvalue weighted by Crippen LogP contribution is -2.50. The zero-order valence-electron chi connectivity index (χ0n) is 18.1. The van der Waals surface area contributed by atoms with Gasteiger partial charge in [-0.05, 0) is 60.2 Å². The van der Waals surface area contributed by atoms with E-state index in [1.165, 1.54) is 43.4 Å². The minimum atomic E-state index is 0.513. The summed E-state index contributed by atoms with van der Waals surface area (Å²) in [6, 6.07) is 14.2. The zero-order valence-corrected chi connectivity index (χ0v) is 18.9. The minimum Gasteiger partial charge on any atom is -0.355 e. The second-order valence-electron chi connectivity index (χ2n) is 8.53. The molecule has 1 atom stereocenters. The number of piperidine rings is 1. The number of thiophene rings is 1. The van der Waals surface area contributed by atoms with Gasteiger partial charge in [0.15, 0.2) is 5.96 Å². The van der Waals surface area contributed by atoms with E-state index in [1.54, 1.807) is 11.3 Å². The molecule has 1 unspecified atom stereocenters. The summed E-state index contributed by atoms with van der Waals surface area (Å²) in [6.45, 7) is 6.58. The molecule has 2 aliphatic rings. The summed E-state index contributed by atoms with van der Waals surface area (Å²) >= 11 is 1.79. The number of likely N-dealkylation sites (tertiary alicyclic amines) is 2. The molecule has 4 rings (SSSR count). The van der Waals surface area contributed by atoms with Crippen LogP contribution >= 0.6 is 11.3 Å². The van der Waals surface area contributed by atoms with E-state index in [9.17, 15) is 0 Å². The predicted molar refractivity (Wildman–Crippen MR) is 127 cm³/mol. The summed E-state index contributed by atoms with van der Waals surface area (Å²) in [4.78, 5) is 9.67. The monoisotopic (exact) mass is 425 g/mol. The van der Waals surface area contributed by atoms with Crippen LogP contribution in [0.1, 0.15) is 36.8 Å². The van der Waals surface area contributed by atoms with E-state index >= 15 is 0 Å². The van der Waals surface area contributed by atoms with Gasteiger partial charge in [-0.2, -0.15) is 11.3 Å². The summed E-state index contributed by atoms with van der Waals surface area (Å²) in [5.41, 5.74) is 2.85. The van der Waals surface area contributed by atoms with Crippen LogP contribution in [-0.2, 0) is 13.1 Å². The summed E-state index contributed by atoms with van der Waals surface area (Å²) in [5.74, 6) is 0.956. The van der Waals surface area contributed by atoms with Gasteiger partial charge in [-0.3, -0.25) is 14.8 Å². The first kappa shape index (κ1) is 21.3. The highest BCUT2D eigenvalue weighted by molar-refractivity contribution is 7.07. The van der Waals surface area contributed by atoms with Crippen molar-refractivity contribution in [2.45, 2.75) is 50.9 Å². The summed E-state index contributed by atoms with van der Waals surface area (Å²) in [7, 11) is 1.89. The lowest BCUT2D eigenvalue weighted by Gasteiger charge is -2.33. The third-order valence-electron chi connectivity index (χ3n) is 6.37. The maximum absolute atomic E-state index is 4.50. The molecule has 2 aromatic rings. The van der Waals surface area contributed by atoms with Crippen molar-refractivity contribution in [3.63, 3.8) is 0 Å². The van der Waals surface area contributed by atoms with E-state index in [-0.39, 0.29) is 0 Å². The minimum absolute atomic E-state index is 0.513. The van der Waals surface area contributed by atoms with Crippen molar-refractivity contribution in [3.05, 3.63) is 58.3 Å². The van der Waals surface area contributed by atoms with E-state index < -0.39 is 0 Å². The first-order valence-corrected chi connectivity index (χ1v) is 12.2. The molecule has 2 saturated heterocycles. The van der Waals surface area contributed by atoms with Crippen LogP contribution in [0.15, 0.2) is 52.2 Å². The van der Waals surface area contributed by atoms with E-state index in [2.05, 4.69) is 72.6 Å². The third kappa shape index (κ3) is 6.06. The lowest BCUT2D eigenvalue weighted by atomic mass is 10.0. The molecule has 6 heteroatoms. The van der Waals surface area contributed by atoms with E-state index in [1.807, 2.05) is 7.05 Å². The maximum Gasteiger partial charge on any atom is 0.191 e. The Morgan fingerprint density at radius 3 is 2.60 bits per heavy atom. The Kier molecular flexibility index (Phi) is 7.78. The van der Waals surface area contributed by atoms with Crippen LogP contribution in [0.3, 0.4) is 0 Å². The van der Waals surface area contributed by atoms with Gasteiger partial charge in [-0.25, -0.2) is 0 Å². The van der Waals surface area contributed by atoms with Crippen LogP contribution in [0.2, 0.25) is 0 Å². The number of nitrogens with zero attached hydrogens (tertiary/aromatic N) is 3. The first-order chi connectivity index (χ1) is 14.8. The number of aliphatic imine (C=N–C) groups is 1. The van der Waals surface area contributed by atoms with Gasteiger partial charge in [0.05, 0.1) is 0 Å². The molecule has 2 fully saturated rings. The molecule has 3 heterocycles. The summed E-state index contributed by atoms with van der Waals surface area (Å²) < 4.78 is 0. The van der Waals surface area contributed by atoms with Crippen molar-refractivity contribution in [1.29, 1.82) is 0 Å². The standard InChI is InChI=1S/C24H35N5S/c1-25-24(27-22-9-13-28(14-10-22)17-21-11-15-30-19-21)26-16-23-8-5-12-29(23)18-20-6-3-2-4-7-20/h2-4,6-7,11,15,19,22-23H,5,8-10,12-14,16-18H2,1H3,(H2,25,26,27). The Morgan fingerprint density at radius 2 is 1.87 bits per heavy atom. The highest BCUT2D eigenvalue weighted by Gasteiger charge is 2.25. The topological polar surface area (TPSA) is 42.9 Å². The summed E-state index contributed by atoms with van der Waals surface area (Å²) in [6.07, 6.45) is 4.90. The Balaban J connectivity index is 1.19. The van der Waals surface area contributed by atoms with Gasteiger partial charge in [0.1, 0.15) is 0 Å². The molecule has 5 nitrogen and oxygen atoms in total. The lowest BCUT2D eigenvalue weighted by molar-refractivity contribution is 0.198. The summed E-state index contributed by atoms with van der Waals surface area (Å²) in [5, 5.41) is 11.7. The smallest absolute Gasteiger partial charge is 0.191 e. The highest BCUT2D eigenvalue weighted by Crippen LogP contribution is 2.20. The van der Waals surface area contributed by atoms with Crippen molar-refractivity contribution in [3.8, 4) is 0 Å². The third-order valence-corrected chi connectivity index (χ3v) is 7.10. The molecule has 2 N–H and O–H groups in total. The van der Waals surface area contributed by atoms with E-state index in [0.29, 0.717) is 12.1 Å². The van der Waals surface area contributed by atoms with Crippen LogP contribution in [0.25, 0.3) is 0 Å². The number of benzene rings is 1. The van der Waals surface area contributed by atoms with Crippen LogP contribution in [0.4, 0.5) is 0 Å². The van der Waals surface area contributed by atoms with Crippen molar-refractivity contribution in [2.24, 2.45) is 4.99 Å². The average Bonchev–Trinajstić information content (AvgIpc) is 3.45. The Bertz CT molecular complexity index is 768. The fourth-order valence-corrected chi connectivity index (χ4v) is 5.29. The predicted octanol–water partition coefficient (Wildman–Crippen LogP) is 3.54. The maximum atomic E-state index is 4.50. The molecular formula is C24H35N5S. The van der Waals surface area contributed by atoms with Crippen LogP contribution in [-0.4, -0.2) is 61.1 Å². The van der Waals surface area contributed by atoms with Gasteiger partial charge < -0.3 is 10.6 Å². The molecule has 162 valence electrons. The van der Waals surface area contributed by atoms with Gasteiger partial charge in [-0.15, -0.1) is 0 Å².